The number of thioether (sulfide) groups is 1. The van der Waals surface area contributed by atoms with E-state index in [2.05, 4.69) is 6.07 Å². The minimum Gasteiger partial charge on any atom is -0.311 e. The lowest BCUT2D eigenvalue weighted by molar-refractivity contribution is -0.117. The summed E-state index contributed by atoms with van der Waals surface area (Å²) >= 11 is 2.94. The first-order valence-electron chi connectivity index (χ1n) is 10.4. The number of carbonyl (C=O) groups is 1. The van der Waals surface area contributed by atoms with Crippen molar-refractivity contribution in [3.05, 3.63) is 50.6 Å². The van der Waals surface area contributed by atoms with Crippen molar-refractivity contribution in [3.8, 4) is 0 Å². The fourth-order valence-electron chi connectivity index (χ4n) is 4.02. The van der Waals surface area contributed by atoms with Crippen molar-refractivity contribution >= 4 is 44.9 Å². The van der Waals surface area contributed by atoms with Gasteiger partial charge in [-0.15, -0.1) is 11.3 Å². The number of nitrogens with zero attached hydrogens (tertiary/aromatic N) is 3. The molecule has 3 aromatic rings. The van der Waals surface area contributed by atoms with Gasteiger partial charge >= 0.3 is 0 Å². The van der Waals surface area contributed by atoms with Gasteiger partial charge < -0.3 is 4.90 Å². The molecule has 158 valence electrons. The van der Waals surface area contributed by atoms with Crippen molar-refractivity contribution in [2.75, 3.05) is 11.4 Å². The van der Waals surface area contributed by atoms with Gasteiger partial charge in [-0.3, -0.25) is 14.2 Å². The van der Waals surface area contributed by atoms with E-state index in [0.717, 1.165) is 40.3 Å². The van der Waals surface area contributed by atoms with Crippen LogP contribution in [-0.4, -0.2) is 27.3 Å². The van der Waals surface area contributed by atoms with Crippen LogP contribution in [0.4, 0.5) is 5.69 Å². The van der Waals surface area contributed by atoms with Crippen LogP contribution in [0, 0.1) is 13.8 Å². The number of anilines is 1. The molecule has 0 saturated carbocycles. The molecule has 1 unspecified atom stereocenters. The molecule has 1 aliphatic heterocycles. The van der Waals surface area contributed by atoms with Crippen LogP contribution in [-0.2, 0) is 11.2 Å². The molecule has 0 bridgehead atoms. The Balaban J connectivity index is 1.70. The van der Waals surface area contributed by atoms with E-state index in [1.54, 1.807) is 15.9 Å². The Labute approximate surface area is 185 Å². The van der Waals surface area contributed by atoms with Crippen LogP contribution in [0.25, 0.3) is 10.2 Å². The maximum Gasteiger partial charge on any atom is 0.263 e. The third kappa shape index (κ3) is 3.58. The normalized spacial score (nSPS) is 14.9. The quantitative estimate of drug-likeness (QED) is 0.417. The van der Waals surface area contributed by atoms with Crippen molar-refractivity contribution in [1.29, 1.82) is 0 Å². The molecule has 1 aliphatic rings. The molecule has 1 atom stereocenters. The largest absolute Gasteiger partial charge is 0.311 e. The second kappa shape index (κ2) is 8.19. The first kappa shape index (κ1) is 21.1. The second-order valence-electron chi connectivity index (χ2n) is 8.11. The van der Waals surface area contributed by atoms with Gasteiger partial charge in [-0.25, -0.2) is 4.98 Å². The standard InChI is InChI=1S/C23H27N3O2S2/c1-13(2)26-22(28)19-14(3)15(4)29-20(19)24-23(26)30-16(5)21(27)25-12-8-10-17-9-6-7-11-18(17)25/h6-7,9,11,13,16H,8,10,12H2,1-5H3. The third-order valence-electron chi connectivity index (χ3n) is 5.73. The lowest BCUT2D eigenvalue weighted by Gasteiger charge is -2.31. The van der Waals surface area contributed by atoms with Gasteiger partial charge in [0.2, 0.25) is 5.91 Å². The van der Waals surface area contributed by atoms with E-state index >= 15 is 0 Å². The van der Waals surface area contributed by atoms with Gasteiger partial charge in [0.25, 0.3) is 5.56 Å². The molecule has 5 nitrogen and oxygen atoms in total. The SMILES string of the molecule is Cc1sc2nc(SC(C)C(=O)N3CCCc4ccccc43)n(C(C)C)c(=O)c2c1C. The Morgan fingerprint density at radius 2 is 1.93 bits per heavy atom. The molecule has 2 aromatic heterocycles. The van der Waals surface area contributed by atoms with Crippen LogP contribution in [0.2, 0.25) is 0 Å². The van der Waals surface area contributed by atoms with Crippen LogP contribution < -0.4 is 10.5 Å². The predicted octanol–water partition coefficient (Wildman–Crippen LogP) is 5.12. The summed E-state index contributed by atoms with van der Waals surface area (Å²) in [6.07, 6.45) is 1.97. The highest BCUT2D eigenvalue weighted by atomic mass is 32.2. The lowest BCUT2D eigenvalue weighted by Crippen LogP contribution is -2.40. The van der Waals surface area contributed by atoms with E-state index in [1.165, 1.54) is 17.3 Å². The van der Waals surface area contributed by atoms with Gasteiger partial charge in [0, 0.05) is 23.2 Å². The monoisotopic (exact) mass is 441 g/mol. The van der Waals surface area contributed by atoms with E-state index in [-0.39, 0.29) is 22.8 Å². The fraction of sp³-hybridized carbons (Fsp3) is 0.435. The first-order chi connectivity index (χ1) is 14.3. The molecule has 0 spiro atoms. The molecule has 30 heavy (non-hydrogen) atoms. The molecule has 1 aromatic carbocycles. The number of carbonyl (C=O) groups excluding carboxylic acids is 1. The van der Waals surface area contributed by atoms with E-state index in [9.17, 15) is 9.59 Å². The van der Waals surface area contributed by atoms with E-state index in [0.29, 0.717) is 10.5 Å². The number of para-hydroxylation sites is 1. The number of amides is 1. The molecule has 1 amide bonds. The minimum absolute atomic E-state index is 0.0117. The number of rotatable bonds is 4. The number of hydrogen-bond donors (Lipinski definition) is 0. The van der Waals surface area contributed by atoms with Gasteiger partial charge in [-0.1, -0.05) is 30.0 Å². The summed E-state index contributed by atoms with van der Waals surface area (Å²) in [7, 11) is 0. The Kier molecular flexibility index (Phi) is 5.77. The highest BCUT2D eigenvalue weighted by Gasteiger charge is 2.28. The molecule has 4 rings (SSSR count). The smallest absolute Gasteiger partial charge is 0.263 e. The third-order valence-corrected chi connectivity index (χ3v) is 7.88. The van der Waals surface area contributed by atoms with Crippen LogP contribution in [0.1, 0.15) is 49.2 Å². The Hall–Kier alpha value is -2.12. The van der Waals surface area contributed by atoms with Crippen molar-refractivity contribution < 1.29 is 4.79 Å². The summed E-state index contributed by atoms with van der Waals surface area (Å²) in [6, 6.07) is 8.09. The summed E-state index contributed by atoms with van der Waals surface area (Å²) in [5, 5.41) is 0.988. The number of hydrogen-bond acceptors (Lipinski definition) is 5. The number of fused-ring (bicyclic) bond motifs is 2. The van der Waals surface area contributed by atoms with Gasteiger partial charge in [0.15, 0.2) is 5.16 Å². The molecular formula is C23H27N3O2S2. The highest BCUT2D eigenvalue weighted by Crippen LogP contribution is 2.33. The summed E-state index contributed by atoms with van der Waals surface area (Å²) in [4.78, 5) is 35.2. The molecule has 0 N–H and O–H groups in total. The molecule has 7 heteroatoms. The average molecular weight is 442 g/mol. The van der Waals surface area contributed by atoms with E-state index in [1.807, 2.05) is 57.7 Å². The van der Waals surface area contributed by atoms with Gasteiger partial charge in [-0.2, -0.15) is 0 Å². The molecule has 0 aliphatic carbocycles. The summed E-state index contributed by atoms with van der Waals surface area (Å²) in [5.41, 5.74) is 3.22. The van der Waals surface area contributed by atoms with Crippen molar-refractivity contribution in [2.24, 2.45) is 0 Å². The van der Waals surface area contributed by atoms with Crippen molar-refractivity contribution in [3.63, 3.8) is 0 Å². The Morgan fingerprint density at radius 3 is 2.67 bits per heavy atom. The first-order valence-corrected chi connectivity index (χ1v) is 12.1. The molecule has 3 heterocycles. The van der Waals surface area contributed by atoms with E-state index in [4.69, 9.17) is 4.98 Å². The fourth-order valence-corrected chi connectivity index (χ4v) is 6.19. The zero-order valence-corrected chi connectivity index (χ0v) is 19.7. The zero-order chi connectivity index (χ0) is 21.6. The second-order valence-corrected chi connectivity index (χ2v) is 10.6. The summed E-state index contributed by atoms with van der Waals surface area (Å²) in [6.45, 7) is 10.6. The van der Waals surface area contributed by atoms with Gasteiger partial charge in [0.1, 0.15) is 4.83 Å². The van der Waals surface area contributed by atoms with Crippen LogP contribution >= 0.6 is 23.1 Å². The summed E-state index contributed by atoms with van der Waals surface area (Å²) < 4.78 is 1.74. The minimum atomic E-state index is -0.340. The Bertz CT molecular complexity index is 1180. The molecular weight excluding hydrogens is 414 g/mol. The van der Waals surface area contributed by atoms with Crippen LogP contribution in [0.5, 0.6) is 0 Å². The van der Waals surface area contributed by atoms with Crippen LogP contribution in [0.3, 0.4) is 0 Å². The molecule has 0 fully saturated rings. The summed E-state index contributed by atoms with van der Waals surface area (Å²) in [5.74, 6) is 0.0651. The highest BCUT2D eigenvalue weighted by molar-refractivity contribution is 8.00. The van der Waals surface area contributed by atoms with Gasteiger partial charge in [-0.05, 0) is 64.7 Å². The number of aromatic nitrogens is 2. The zero-order valence-electron chi connectivity index (χ0n) is 18.1. The number of thiophene rings is 1. The lowest BCUT2D eigenvalue weighted by atomic mass is 10.0. The molecule has 0 radical (unpaired) electrons. The van der Waals surface area contributed by atoms with Gasteiger partial charge in [0.05, 0.1) is 10.6 Å². The predicted molar refractivity (Wildman–Crippen MR) is 126 cm³/mol. The van der Waals surface area contributed by atoms with Crippen molar-refractivity contribution in [1.82, 2.24) is 9.55 Å². The number of benzene rings is 1. The topological polar surface area (TPSA) is 55.2 Å². The maximum absolute atomic E-state index is 13.3. The molecule has 0 saturated heterocycles. The van der Waals surface area contributed by atoms with Crippen LogP contribution in [0.15, 0.2) is 34.2 Å². The average Bonchev–Trinajstić information content (AvgIpc) is 3.00. The number of aryl methyl sites for hydroxylation is 3. The van der Waals surface area contributed by atoms with Crippen molar-refractivity contribution in [2.45, 2.75) is 63.9 Å². The van der Waals surface area contributed by atoms with E-state index < -0.39 is 0 Å². The Morgan fingerprint density at radius 1 is 1.20 bits per heavy atom. The maximum atomic E-state index is 13.3.